The number of phenols is 2. The molecule has 0 atom stereocenters. The van der Waals surface area contributed by atoms with Gasteiger partial charge in [0.1, 0.15) is 5.75 Å². The molecule has 20 heavy (non-hydrogen) atoms. The average Bonchev–Trinajstić information content (AvgIpc) is 2.43. The molecular formula is C14H13BrClNO3. The number of anilines is 1. The van der Waals surface area contributed by atoms with E-state index in [1.54, 1.807) is 24.3 Å². The van der Waals surface area contributed by atoms with Gasteiger partial charge in [-0.2, -0.15) is 0 Å². The summed E-state index contributed by atoms with van der Waals surface area (Å²) in [5.74, 6) is 0.523. The van der Waals surface area contributed by atoms with E-state index in [0.717, 1.165) is 11.3 Å². The summed E-state index contributed by atoms with van der Waals surface area (Å²) in [6.07, 6.45) is 0. The Morgan fingerprint density at radius 3 is 2.65 bits per heavy atom. The van der Waals surface area contributed by atoms with E-state index in [1.807, 2.05) is 0 Å². The van der Waals surface area contributed by atoms with Gasteiger partial charge >= 0.3 is 0 Å². The van der Waals surface area contributed by atoms with Gasteiger partial charge in [-0.3, -0.25) is 0 Å². The monoisotopic (exact) mass is 357 g/mol. The summed E-state index contributed by atoms with van der Waals surface area (Å²) in [5.41, 5.74) is 1.71. The first kappa shape index (κ1) is 14.8. The molecule has 0 amide bonds. The Bertz CT molecular complexity index is 634. The van der Waals surface area contributed by atoms with E-state index >= 15 is 0 Å². The summed E-state index contributed by atoms with van der Waals surface area (Å²) in [4.78, 5) is 0. The fourth-order valence-electron chi connectivity index (χ4n) is 1.71. The van der Waals surface area contributed by atoms with Crippen LogP contribution in [0.2, 0.25) is 5.02 Å². The van der Waals surface area contributed by atoms with Gasteiger partial charge in [0.25, 0.3) is 0 Å². The number of hydrogen-bond acceptors (Lipinski definition) is 4. The number of rotatable bonds is 4. The molecule has 2 rings (SSSR count). The first-order chi connectivity index (χ1) is 9.51. The predicted octanol–water partition coefficient (Wildman–Crippen LogP) is 4.13. The van der Waals surface area contributed by atoms with Crippen LogP contribution in [0.4, 0.5) is 5.69 Å². The molecule has 0 radical (unpaired) electrons. The molecule has 0 aromatic heterocycles. The second kappa shape index (κ2) is 6.24. The average molecular weight is 359 g/mol. The highest BCUT2D eigenvalue weighted by Crippen LogP contribution is 2.35. The minimum absolute atomic E-state index is 0.0475. The molecule has 0 fully saturated rings. The summed E-state index contributed by atoms with van der Waals surface area (Å²) in [5, 5.41) is 22.6. The molecule has 0 heterocycles. The SMILES string of the molecule is COc1cc(CNc2ccc(O)c(Cl)c2)cc(Br)c1O. The van der Waals surface area contributed by atoms with E-state index in [0.29, 0.717) is 21.8 Å². The largest absolute Gasteiger partial charge is 0.506 e. The predicted molar refractivity (Wildman–Crippen MR) is 82.8 cm³/mol. The normalized spacial score (nSPS) is 10.3. The van der Waals surface area contributed by atoms with Gasteiger partial charge < -0.3 is 20.3 Å². The molecule has 4 nitrogen and oxygen atoms in total. The number of aromatic hydroxyl groups is 2. The van der Waals surface area contributed by atoms with E-state index in [1.165, 1.54) is 13.2 Å². The zero-order valence-electron chi connectivity index (χ0n) is 10.7. The highest BCUT2D eigenvalue weighted by Gasteiger charge is 2.08. The maximum atomic E-state index is 9.74. The van der Waals surface area contributed by atoms with Crippen molar-refractivity contribution in [3.05, 3.63) is 45.4 Å². The van der Waals surface area contributed by atoms with E-state index in [-0.39, 0.29) is 11.5 Å². The lowest BCUT2D eigenvalue weighted by Gasteiger charge is -2.11. The van der Waals surface area contributed by atoms with Gasteiger partial charge in [0, 0.05) is 12.2 Å². The van der Waals surface area contributed by atoms with Crippen molar-refractivity contribution in [2.24, 2.45) is 0 Å². The van der Waals surface area contributed by atoms with Crippen LogP contribution in [0.25, 0.3) is 0 Å². The first-order valence-corrected chi connectivity index (χ1v) is 6.96. The lowest BCUT2D eigenvalue weighted by molar-refractivity contribution is 0.371. The zero-order chi connectivity index (χ0) is 14.7. The first-order valence-electron chi connectivity index (χ1n) is 5.79. The van der Waals surface area contributed by atoms with Crippen LogP contribution in [0.5, 0.6) is 17.2 Å². The fraction of sp³-hybridized carbons (Fsp3) is 0.143. The molecule has 3 N–H and O–H groups in total. The highest BCUT2D eigenvalue weighted by atomic mass is 79.9. The third kappa shape index (κ3) is 3.29. The number of hydrogen-bond donors (Lipinski definition) is 3. The lowest BCUT2D eigenvalue weighted by Crippen LogP contribution is -2.00. The third-order valence-corrected chi connectivity index (χ3v) is 3.66. The van der Waals surface area contributed by atoms with Crippen LogP contribution in [-0.4, -0.2) is 17.3 Å². The van der Waals surface area contributed by atoms with Crippen molar-refractivity contribution >= 4 is 33.2 Å². The van der Waals surface area contributed by atoms with Crippen molar-refractivity contribution in [2.75, 3.05) is 12.4 Å². The lowest BCUT2D eigenvalue weighted by atomic mass is 10.2. The summed E-state index contributed by atoms with van der Waals surface area (Å²) in [7, 11) is 1.50. The van der Waals surface area contributed by atoms with Crippen LogP contribution < -0.4 is 10.1 Å². The number of benzene rings is 2. The molecule has 0 bridgehead atoms. The molecule has 0 saturated carbocycles. The van der Waals surface area contributed by atoms with Gasteiger partial charge in [-0.05, 0) is 51.8 Å². The molecule has 0 aliphatic heterocycles. The smallest absolute Gasteiger partial charge is 0.172 e. The quantitative estimate of drug-likeness (QED) is 0.719. The maximum Gasteiger partial charge on any atom is 0.172 e. The number of phenolic OH excluding ortho intramolecular Hbond substituents is 2. The molecule has 2 aromatic rings. The van der Waals surface area contributed by atoms with Gasteiger partial charge in [-0.1, -0.05) is 11.6 Å². The van der Waals surface area contributed by atoms with Gasteiger partial charge in [-0.15, -0.1) is 0 Å². The minimum Gasteiger partial charge on any atom is -0.506 e. The third-order valence-electron chi connectivity index (χ3n) is 2.75. The van der Waals surface area contributed by atoms with Crippen molar-refractivity contribution in [3.63, 3.8) is 0 Å². The summed E-state index contributed by atoms with van der Waals surface area (Å²) >= 11 is 9.11. The second-order valence-electron chi connectivity index (χ2n) is 4.15. The fourth-order valence-corrected chi connectivity index (χ4v) is 2.38. The van der Waals surface area contributed by atoms with Crippen molar-refractivity contribution in [1.82, 2.24) is 0 Å². The Morgan fingerprint density at radius 1 is 1.25 bits per heavy atom. The Labute approximate surface area is 130 Å². The van der Waals surface area contributed by atoms with E-state index in [4.69, 9.17) is 16.3 Å². The number of methoxy groups -OCH3 is 1. The molecule has 0 aliphatic rings. The van der Waals surface area contributed by atoms with E-state index < -0.39 is 0 Å². The Balaban J connectivity index is 2.14. The van der Waals surface area contributed by atoms with Gasteiger partial charge in [-0.25, -0.2) is 0 Å². The second-order valence-corrected chi connectivity index (χ2v) is 5.41. The molecule has 106 valence electrons. The van der Waals surface area contributed by atoms with Gasteiger partial charge in [0.05, 0.1) is 16.6 Å². The van der Waals surface area contributed by atoms with Crippen LogP contribution in [0.1, 0.15) is 5.56 Å². The standard InChI is InChI=1S/C14H13BrClNO3/c1-20-13-5-8(4-10(15)14(13)19)7-17-9-2-3-12(18)11(16)6-9/h2-6,17-19H,7H2,1H3. The number of halogens is 2. The van der Waals surface area contributed by atoms with Crippen molar-refractivity contribution < 1.29 is 14.9 Å². The van der Waals surface area contributed by atoms with Crippen molar-refractivity contribution in [2.45, 2.75) is 6.54 Å². The Kier molecular flexibility index (Phi) is 4.62. The highest BCUT2D eigenvalue weighted by molar-refractivity contribution is 9.10. The van der Waals surface area contributed by atoms with Crippen LogP contribution >= 0.6 is 27.5 Å². The Morgan fingerprint density at radius 2 is 2.00 bits per heavy atom. The maximum absolute atomic E-state index is 9.74. The molecular weight excluding hydrogens is 346 g/mol. The van der Waals surface area contributed by atoms with Gasteiger partial charge in [0.2, 0.25) is 0 Å². The van der Waals surface area contributed by atoms with Crippen LogP contribution in [0.15, 0.2) is 34.8 Å². The minimum atomic E-state index is 0.0475. The molecule has 6 heteroatoms. The summed E-state index contributed by atoms with van der Waals surface area (Å²) in [6, 6.07) is 8.44. The molecule has 0 unspecified atom stereocenters. The zero-order valence-corrected chi connectivity index (χ0v) is 13.0. The number of ether oxygens (including phenoxy) is 1. The van der Waals surface area contributed by atoms with Gasteiger partial charge in [0.15, 0.2) is 11.5 Å². The summed E-state index contributed by atoms with van der Waals surface area (Å²) in [6.45, 7) is 0.524. The molecule has 0 spiro atoms. The molecule has 0 aliphatic carbocycles. The molecule has 2 aromatic carbocycles. The van der Waals surface area contributed by atoms with E-state index in [2.05, 4.69) is 21.2 Å². The Hall–Kier alpha value is -1.59. The van der Waals surface area contributed by atoms with Crippen LogP contribution in [0.3, 0.4) is 0 Å². The van der Waals surface area contributed by atoms with Crippen molar-refractivity contribution in [3.8, 4) is 17.2 Å². The number of nitrogens with one attached hydrogen (secondary N) is 1. The van der Waals surface area contributed by atoms with Crippen molar-refractivity contribution in [1.29, 1.82) is 0 Å². The van der Waals surface area contributed by atoms with Crippen LogP contribution in [0, 0.1) is 0 Å². The van der Waals surface area contributed by atoms with E-state index in [9.17, 15) is 10.2 Å². The summed E-state index contributed by atoms with van der Waals surface area (Å²) < 4.78 is 5.66. The topological polar surface area (TPSA) is 61.7 Å². The van der Waals surface area contributed by atoms with Crippen LogP contribution in [-0.2, 0) is 6.54 Å². The molecule has 0 saturated heterocycles.